The highest BCUT2D eigenvalue weighted by Crippen LogP contribution is 2.39. The van der Waals surface area contributed by atoms with E-state index >= 15 is 0 Å². The van der Waals surface area contributed by atoms with Gasteiger partial charge in [-0.2, -0.15) is 0 Å². The van der Waals surface area contributed by atoms with Crippen molar-refractivity contribution in [2.24, 2.45) is 0 Å². The summed E-state index contributed by atoms with van der Waals surface area (Å²) in [7, 11) is 1.99. The lowest BCUT2D eigenvalue weighted by molar-refractivity contribution is -0.274. The Morgan fingerprint density at radius 1 is 1.10 bits per heavy atom. The Hall–Kier alpha value is -1.43. The molecule has 1 aromatic rings. The molecule has 0 saturated carbocycles. The second kappa shape index (κ2) is 5.40. The molecule has 2 saturated heterocycles. The van der Waals surface area contributed by atoms with Crippen LogP contribution in [0.25, 0.3) is 0 Å². The maximum absolute atomic E-state index is 12.2. The fourth-order valence-corrected chi connectivity index (χ4v) is 3.65. The number of ether oxygens (including phenoxy) is 1. The number of nitrogens with one attached hydrogen (secondary N) is 1. The number of nitrogens with zero attached hydrogens (tertiary/aromatic N) is 1. The smallest absolute Gasteiger partial charge is 0.406 e. The normalized spacial score (nSPS) is 28.8. The topological polar surface area (TPSA) is 24.5 Å². The molecule has 0 aromatic heterocycles. The van der Waals surface area contributed by atoms with Crippen LogP contribution in [0, 0.1) is 0 Å². The van der Waals surface area contributed by atoms with E-state index < -0.39 is 6.36 Å². The summed E-state index contributed by atoms with van der Waals surface area (Å²) in [5.74, 6) is -0.163. The number of halogens is 3. The minimum absolute atomic E-state index is 0.163. The van der Waals surface area contributed by atoms with Crippen molar-refractivity contribution in [1.82, 2.24) is 5.32 Å². The van der Waals surface area contributed by atoms with Crippen molar-refractivity contribution >= 4 is 5.69 Å². The largest absolute Gasteiger partial charge is 0.573 e. The van der Waals surface area contributed by atoms with E-state index in [-0.39, 0.29) is 5.75 Å². The van der Waals surface area contributed by atoms with Gasteiger partial charge >= 0.3 is 6.36 Å². The predicted molar refractivity (Wildman–Crippen MR) is 74.5 cm³/mol. The average Bonchev–Trinajstić information content (AvgIpc) is 2.68. The van der Waals surface area contributed by atoms with E-state index in [4.69, 9.17) is 0 Å². The first-order valence-corrected chi connectivity index (χ1v) is 7.27. The molecule has 0 spiro atoms. The van der Waals surface area contributed by atoms with Crippen LogP contribution >= 0.6 is 0 Å². The monoisotopic (exact) mass is 300 g/mol. The Balaban J connectivity index is 1.73. The van der Waals surface area contributed by atoms with Crippen LogP contribution in [0.3, 0.4) is 0 Å². The van der Waals surface area contributed by atoms with Gasteiger partial charge in [-0.15, -0.1) is 13.2 Å². The van der Waals surface area contributed by atoms with Gasteiger partial charge < -0.3 is 15.0 Å². The molecule has 2 aliphatic rings. The van der Waals surface area contributed by atoms with Crippen LogP contribution in [-0.4, -0.2) is 31.5 Å². The van der Waals surface area contributed by atoms with E-state index in [9.17, 15) is 13.2 Å². The first kappa shape index (κ1) is 14.5. The molecule has 0 radical (unpaired) electrons. The standard InChI is InChI=1S/C15H19F3N2O/c1-19-10-8-12-2-3-13(9-10)20(12)11-4-6-14(7-5-11)21-15(16,17)18/h4-7,10,12-13,19H,2-3,8-9H2,1H3. The fraction of sp³-hybridized carbons (Fsp3) is 0.600. The minimum atomic E-state index is -4.63. The van der Waals surface area contributed by atoms with Crippen molar-refractivity contribution in [3.63, 3.8) is 0 Å². The average molecular weight is 300 g/mol. The predicted octanol–water partition coefficient (Wildman–Crippen LogP) is 3.30. The van der Waals surface area contributed by atoms with E-state index in [0.717, 1.165) is 31.4 Å². The molecular weight excluding hydrogens is 281 g/mol. The van der Waals surface area contributed by atoms with Crippen molar-refractivity contribution in [3.8, 4) is 5.75 Å². The van der Waals surface area contributed by atoms with E-state index in [1.165, 1.54) is 12.1 Å². The number of fused-ring (bicyclic) bond motifs is 2. The number of benzene rings is 1. The van der Waals surface area contributed by atoms with Crippen LogP contribution in [-0.2, 0) is 0 Å². The number of hydrogen-bond acceptors (Lipinski definition) is 3. The maximum atomic E-state index is 12.2. The molecule has 2 bridgehead atoms. The van der Waals surface area contributed by atoms with Gasteiger partial charge in [0.25, 0.3) is 0 Å². The summed E-state index contributed by atoms with van der Waals surface area (Å²) < 4.78 is 40.4. The Kier molecular flexibility index (Phi) is 3.73. The highest BCUT2D eigenvalue weighted by molar-refractivity contribution is 5.52. The zero-order valence-corrected chi connectivity index (χ0v) is 11.9. The van der Waals surface area contributed by atoms with Crippen LogP contribution in [0.5, 0.6) is 5.75 Å². The number of piperidine rings is 1. The van der Waals surface area contributed by atoms with Gasteiger partial charge in [-0.25, -0.2) is 0 Å². The first-order valence-electron chi connectivity index (χ1n) is 7.27. The second-order valence-corrected chi connectivity index (χ2v) is 5.79. The van der Waals surface area contributed by atoms with E-state index in [1.807, 2.05) is 7.05 Å². The Morgan fingerprint density at radius 2 is 1.67 bits per heavy atom. The van der Waals surface area contributed by atoms with Crippen molar-refractivity contribution in [3.05, 3.63) is 24.3 Å². The van der Waals surface area contributed by atoms with Crippen LogP contribution in [0.4, 0.5) is 18.9 Å². The van der Waals surface area contributed by atoms with Crippen molar-refractivity contribution in [2.75, 3.05) is 11.9 Å². The summed E-state index contributed by atoms with van der Waals surface area (Å²) >= 11 is 0. The van der Waals surface area contributed by atoms with Crippen molar-refractivity contribution in [1.29, 1.82) is 0 Å². The molecule has 0 amide bonds. The molecule has 6 heteroatoms. The van der Waals surface area contributed by atoms with Crippen LogP contribution in [0.2, 0.25) is 0 Å². The number of hydrogen-bond donors (Lipinski definition) is 1. The molecule has 2 heterocycles. The number of anilines is 1. The van der Waals surface area contributed by atoms with Crippen LogP contribution < -0.4 is 15.0 Å². The molecule has 2 atom stereocenters. The SMILES string of the molecule is CNC1CC2CCC(C1)N2c1ccc(OC(F)(F)F)cc1. The van der Waals surface area contributed by atoms with Gasteiger partial charge in [0.1, 0.15) is 5.75 Å². The van der Waals surface area contributed by atoms with Crippen LogP contribution in [0.15, 0.2) is 24.3 Å². The Bertz CT molecular complexity index is 475. The van der Waals surface area contributed by atoms with Gasteiger partial charge in [-0.3, -0.25) is 0 Å². The lowest BCUT2D eigenvalue weighted by Crippen LogP contribution is -2.48. The van der Waals surface area contributed by atoms with Crippen molar-refractivity contribution < 1.29 is 17.9 Å². The summed E-state index contributed by atoms with van der Waals surface area (Å²) in [6.45, 7) is 0. The minimum Gasteiger partial charge on any atom is -0.406 e. The molecule has 3 nitrogen and oxygen atoms in total. The van der Waals surface area contributed by atoms with Gasteiger partial charge in [0.15, 0.2) is 0 Å². The molecule has 116 valence electrons. The molecule has 2 fully saturated rings. The Labute approximate surface area is 122 Å². The molecule has 2 aliphatic heterocycles. The Morgan fingerprint density at radius 3 is 2.14 bits per heavy atom. The summed E-state index contributed by atoms with van der Waals surface area (Å²) in [4.78, 5) is 2.37. The molecule has 0 aliphatic carbocycles. The molecule has 1 aromatic carbocycles. The third-order valence-electron chi connectivity index (χ3n) is 4.51. The van der Waals surface area contributed by atoms with Gasteiger partial charge in [0.2, 0.25) is 0 Å². The molecule has 3 rings (SSSR count). The summed E-state index contributed by atoms with van der Waals surface area (Å²) in [5.41, 5.74) is 0.992. The van der Waals surface area contributed by atoms with Gasteiger partial charge in [0.05, 0.1) is 0 Å². The van der Waals surface area contributed by atoms with E-state index in [0.29, 0.717) is 18.1 Å². The second-order valence-electron chi connectivity index (χ2n) is 5.79. The number of rotatable bonds is 3. The zero-order valence-electron chi connectivity index (χ0n) is 11.9. The summed E-state index contributed by atoms with van der Waals surface area (Å²) in [6.07, 6.45) is -0.138. The molecule has 1 N–H and O–H groups in total. The van der Waals surface area contributed by atoms with Crippen LogP contribution in [0.1, 0.15) is 25.7 Å². The first-order chi connectivity index (χ1) is 9.96. The van der Waals surface area contributed by atoms with E-state index in [1.54, 1.807) is 12.1 Å². The van der Waals surface area contributed by atoms with Crippen molar-refractivity contribution in [2.45, 2.75) is 50.2 Å². The third kappa shape index (κ3) is 3.10. The maximum Gasteiger partial charge on any atom is 0.573 e. The molecule has 2 unspecified atom stereocenters. The highest BCUT2D eigenvalue weighted by Gasteiger charge is 2.40. The zero-order chi connectivity index (χ0) is 15.0. The fourth-order valence-electron chi connectivity index (χ4n) is 3.65. The molecule has 21 heavy (non-hydrogen) atoms. The third-order valence-corrected chi connectivity index (χ3v) is 4.51. The van der Waals surface area contributed by atoms with Gasteiger partial charge in [-0.05, 0) is 57.0 Å². The lowest BCUT2D eigenvalue weighted by Gasteiger charge is -2.40. The van der Waals surface area contributed by atoms with Gasteiger partial charge in [-0.1, -0.05) is 0 Å². The summed E-state index contributed by atoms with van der Waals surface area (Å²) in [6, 6.07) is 7.76. The van der Waals surface area contributed by atoms with E-state index in [2.05, 4.69) is 15.0 Å². The van der Waals surface area contributed by atoms with Gasteiger partial charge in [0, 0.05) is 23.8 Å². The lowest BCUT2D eigenvalue weighted by atomic mass is 9.97. The highest BCUT2D eigenvalue weighted by atomic mass is 19.4. The molecular formula is C15H19F3N2O. The summed E-state index contributed by atoms with van der Waals surface area (Å²) in [5, 5.41) is 3.34. The quantitative estimate of drug-likeness (QED) is 0.927. The number of alkyl halides is 3.